The third kappa shape index (κ3) is 4.40. The van der Waals surface area contributed by atoms with Crippen LogP contribution in [0.5, 0.6) is 0 Å². The van der Waals surface area contributed by atoms with E-state index in [0.717, 1.165) is 28.7 Å². The van der Waals surface area contributed by atoms with E-state index in [4.69, 9.17) is 0 Å². The molecule has 164 valence electrons. The number of amides is 1. The van der Waals surface area contributed by atoms with Crippen molar-refractivity contribution >= 4 is 28.3 Å². The summed E-state index contributed by atoms with van der Waals surface area (Å²) in [6.45, 7) is 2.03. The molecule has 0 spiro atoms. The number of thiophene rings is 1. The number of aryl methyl sites for hydroxylation is 1. The second-order valence-corrected chi connectivity index (χ2v) is 8.83. The molecule has 0 aliphatic rings. The van der Waals surface area contributed by atoms with Crippen LogP contribution in [0.2, 0.25) is 0 Å². The van der Waals surface area contributed by atoms with Crippen LogP contribution in [0.3, 0.4) is 0 Å². The number of hydrogen-bond acceptors (Lipinski definition) is 5. The summed E-state index contributed by atoms with van der Waals surface area (Å²) in [5, 5.41) is 10.6. The van der Waals surface area contributed by atoms with Gasteiger partial charge in [-0.3, -0.25) is 4.79 Å². The van der Waals surface area contributed by atoms with Gasteiger partial charge in [0.1, 0.15) is 0 Å². The average Bonchev–Trinajstić information content (AvgIpc) is 3.52. The monoisotopic (exact) mass is 453 g/mol. The number of hydrogen-bond donors (Lipinski definition) is 1. The van der Waals surface area contributed by atoms with Crippen LogP contribution in [0.25, 0.3) is 27.3 Å². The van der Waals surface area contributed by atoms with Crippen molar-refractivity contribution in [3.05, 3.63) is 95.8 Å². The lowest BCUT2D eigenvalue weighted by Gasteiger charge is -2.13. The average molecular weight is 454 g/mol. The van der Waals surface area contributed by atoms with Crippen molar-refractivity contribution in [1.82, 2.24) is 25.1 Å². The van der Waals surface area contributed by atoms with Gasteiger partial charge in [0.15, 0.2) is 17.2 Å². The van der Waals surface area contributed by atoms with E-state index in [-0.39, 0.29) is 11.9 Å². The summed E-state index contributed by atoms with van der Waals surface area (Å²) in [5.41, 5.74) is 3.17. The minimum atomic E-state index is -0.207. The highest BCUT2D eigenvalue weighted by Crippen LogP contribution is 2.33. The minimum Gasteiger partial charge on any atom is -0.348 e. The van der Waals surface area contributed by atoms with Gasteiger partial charge in [0.2, 0.25) is 0 Å². The van der Waals surface area contributed by atoms with Gasteiger partial charge in [0.05, 0.1) is 5.39 Å². The maximum atomic E-state index is 13.4. The lowest BCUT2D eigenvalue weighted by Crippen LogP contribution is -2.33. The Morgan fingerprint density at radius 2 is 1.85 bits per heavy atom. The van der Waals surface area contributed by atoms with E-state index in [1.807, 2.05) is 66.9 Å². The molecule has 0 saturated heterocycles. The van der Waals surface area contributed by atoms with Gasteiger partial charge in [-0.25, -0.2) is 9.97 Å². The molecule has 1 N–H and O–H groups in total. The molecule has 1 unspecified atom stereocenters. The van der Waals surface area contributed by atoms with Gasteiger partial charge in [-0.15, -0.1) is 11.3 Å². The number of nitrogens with one attached hydrogen (secondary N) is 1. The first-order valence-corrected chi connectivity index (χ1v) is 11.8. The van der Waals surface area contributed by atoms with Crippen LogP contribution in [0.4, 0.5) is 0 Å². The molecule has 5 aromatic rings. The van der Waals surface area contributed by atoms with Crippen molar-refractivity contribution in [2.75, 3.05) is 0 Å². The SMILES string of the molecule is CC(CCc1ccccc1)NC(=O)c1nn(-c2ccccn2)c2nccc(-c3cccs3)c12. The van der Waals surface area contributed by atoms with Crippen molar-refractivity contribution in [1.29, 1.82) is 0 Å². The molecule has 4 heterocycles. The van der Waals surface area contributed by atoms with E-state index in [1.165, 1.54) is 5.56 Å². The third-order valence-corrected chi connectivity index (χ3v) is 6.43. The van der Waals surface area contributed by atoms with Crippen LogP contribution >= 0.6 is 11.3 Å². The molecule has 1 atom stereocenters. The van der Waals surface area contributed by atoms with Gasteiger partial charge in [-0.2, -0.15) is 9.78 Å². The third-order valence-electron chi connectivity index (χ3n) is 5.52. The summed E-state index contributed by atoms with van der Waals surface area (Å²) in [7, 11) is 0. The molecule has 6 nitrogen and oxygen atoms in total. The Balaban J connectivity index is 1.50. The van der Waals surface area contributed by atoms with E-state index in [0.29, 0.717) is 17.2 Å². The van der Waals surface area contributed by atoms with Crippen molar-refractivity contribution in [3.63, 3.8) is 0 Å². The fraction of sp³-hybridized carbons (Fsp3) is 0.154. The molecule has 7 heteroatoms. The van der Waals surface area contributed by atoms with Crippen LogP contribution in [-0.4, -0.2) is 31.7 Å². The van der Waals surface area contributed by atoms with Gasteiger partial charge in [0, 0.05) is 28.9 Å². The van der Waals surface area contributed by atoms with Crippen LogP contribution in [0.1, 0.15) is 29.4 Å². The first kappa shape index (κ1) is 21.0. The lowest BCUT2D eigenvalue weighted by molar-refractivity contribution is 0.0934. The topological polar surface area (TPSA) is 72.7 Å². The number of fused-ring (bicyclic) bond motifs is 1. The van der Waals surface area contributed by atoms with E-state index >= 15 is 0 Å². The van der Waals surface area contributed by atoms with Gasteiger partial charge in [-0.1, -0.05) is 42.5 Å². The predicted octanol–water partition coefficient (Wildman–Crippen LogP) is 5.30. The number of pyridine rings is 2. The summed E-state index contributed by atoms with van der Waals surface area (Å²) >= 11 is 1.62. The maximum absolute atomic E-state index is 13.4. The zero-order valence-electron chi connectivity index (χ0n) is 18.2. The fourth-order valence-electron chi connectivity index (χ4n) is 3.87. The number of aromatic nitrogens is 4. The van der Waals surface area contributed by atoms with Crippen LogP contribution in [-0.2, 0) is 6.42 Å². The normalized spacial score (nSPS) is 12.0. The standard InChI is InChI=1S/C26H23N5OS/c1-18(12-13-19-8-3-2-4-9-19)29-26(32)24-23-20(21-10-7-17-33-21)14-16-28-25(23)31(30-24)22-11-5-6-15-27-22/h2-11,14-18H,12-13H2,1H3,(H,29,32). The van der Waals surface area contributed by atoms with Gasteiger partial charge in [-0.05, 0) is 55.0 Å². The predicted molar refractivity (Wildman–Crippen MR) is 132 cm³/mol. The fourth-order valence-corrected chi connectivity index (χ4v) is 4.63. The zero-order chi connectivity index (χ0) is 22.6. The van der Waals surface area contributed by atoms with Crippen molar-refractivity contribution in [3.8, 4) is 16.3 Å². The lowest BCUT2D eigenvalue weighted by atomic mass is 10.1. The molecule has 5 rings (SSSR count). The maximum Gasteiger partial charge on any atom is 0.272 e. The molecule has 33 heavy (non-hydrogen) atoms. The smallest absolute Gasteiger partial charge is 0.272 e. The Bertz CT molecular complexity index is 1360. The molecule has 0 aliphatic heterocycles. The second-order valence-electron chi connectivity index (χ2n) is 7.88. The summed E-state index contributed by atoms with van der Waals surface area (Å²) in [6.07, 6.45) is 5.19. The molecule has 0 aliphatic carbocycles. The molecule has 4 aromatic heterocycles. The number of carbonyl (C=O) groups is 1. The highest BCUT2D eigenvalue weighted by Gasteiger charge is 2.24. The van der Waals surface area contributed by atoms with Crippen molar-refractivity contribution in [2.45, 2.75) is 25.8 Å². The van der Waals surface area contributed by atoms with Crippen molar-refractivity contribution in [2.24, 2.45) is 0 Å². The van der Waals surface area contributed by atoms with E-state index in [1.54, 1.807) is 28.4 Å². The Hall–Kier alpha value is -3.84. The first-order chi connectivity index (χ1) is 16.2. The quantitative estimate of drug-likeness (QED) is 0.363. The number of carbonyl (C=O) groups excluding carboxylic acids is 1. The van der Waals surface area contributed by atoms with Crippen molar-refractivity contribution < 1.29 is 4.79 Å². The molecular weight excluding hydrogens is 430 g/mol. The Kier molecular flexibility index (Phi) is 5.95. The van der Waals surface area contributed by atoms with Gasteiger partial charge >= 0.3 is 0 Å². The zero-order valence-corrected chi connectivity index (χ0v) is 19.0. The molecule has 0 saturated carbocycles. The summed E-state index contributed by atoms with van der Waals surface area (Å²) in [4.78, 5) is 23.5. The Morgan fingerprint density at radius 3 is 2.61 bits per heavy atom. The molecular formula is C26H23N5OS. The largest absolute Gasteiger partial charge is 0.348 e. The summed E-state index contributed by atoms with van der Waals surface area (Å²) < 4.78 is 1.65. The van der Waals surface area contributed by atoms with E-state index in [9.17, 15) is 4.79 Å². The van der Waals surface area contributed by atoms with E-state index in [2.05, 4.69) is 32.5 Å². The minimum absolute atomic E-state index is 0.00499. The molecule has 1 amide bonds. The van der Waals surface area contributed by atoms with E-state index < -0.39 is 0 Å². The van der Waals surface area contributed by atoms with Crippen LogP contribution in [0.15, 0.2) is 84.5 Å². The highest BCUT2D eigenvalue weighted by molar-refractivity contribution is 7.13. The first-order valence-electron chi connectivity index (χ1n) is 10.9. The van der Waals surface area contributed by atoms with Crippen LogP contribution in [0, 0.1) is 0 Å². The molecule has 0 fully saturated rings. The Labute approximate surface area is 196 Å². The summed E-state index contributed by atoms with van der Waals surface area (Å²) in [5.74, 6) is 0.413. The van der Waals surface area contributed by atoms with Gasteiger partial charge in [0.25, 0.3) is 5.91 Å². The molecule has 0 bridgehead atoms. The Morgan fingerprint density at radius 1 is 1.00 bits per heavy atom. The highest BCUT2D eigenvalue weighted by atomic mass is 32.1. The number of rotatable bonds is 7. The number of benzene rings is 1. The molecule has 0 radical (unpaired) electrons. The summed E-state index contributed by atoms with van der Waals surface area (Å²) in [6, 6.07) is 21.9. The molecule has 1 aromatic carbocycles. The van der Waals surface area contributed by atoms with Crippen LogP contribution < -0.4 is 5.32 Å². The second kappa shape index (κ2) is 9.34. The van der Waals surface area contributed by atoms with Gasteiger partial charge < -0.3 is 5.32 Å². The number of nitrogens with zero attached hydrogens (tertiary/aromatic N) is 4.